The zero-order valence-electron chi connectivity index (χ0n) is 54.0. The van der Waals surface area contributed by atoms with Gasteiger partial charge in [-0.1, -0.05) is 183 Å². The Bertz CT molecular complexity index is 4350. The minimum atomic E-state index is -4.73. The first-order valence-electron chi connectivity index (χ1n) is 34.3. The molecule has 16 rings (SSSR count). The number of nitrogens with two attached hydrogens (primary N) is 2. The van der Waals surface area contributed by atoms with Gasteiger partial charge in [-0.05, 0) is 209 Å². The quantitative estimate of drug-likeness (QED) is 0.0179. The van der Waals surface area contributed by atoms with E-state index in [1.165, 1.54) is 0 Å². The van der Waals surface area contributed by atoms with Gasteiger partial charge < -0.3 is 41.4 Å². The van der Waals surface area contributed by atoms with Crippen molar-refractivity contribution < 1.29 is 42.9 Å². The lowest BCUT2D eigenvalue weighted by atomic mass is 9.64. The predicted octanol–water partition coefficient (Wildman–Crippen LogP) is 14.5. The molecular weight excluding hydrogens is 1200 g/mol. The van der Waals surface area contributed by atoms with Crippen molar-refractivity contribution in [3.8, 4) is 23.3 Å². The maximum atomic E-state index is 14.6. The summed E-state index contributed by atoms with van der Waals surface area (Å²) in [5, 5.41) is 48.9. The molecule has 490 valence electrons. The molecule has 3 aliphatic carbocycles. The van der Waals surface area contributed by atoms with Gasteiger partial charge in [-0.25, -0.2) is 4.99 Å². The van der Waals surface area contributed by atoms with Crippen LogP contribution in [0.3, 0.4) is 0 Å². The van der Waals surface area contributed by atoms with Crippen LogP contribution < -0.4 is 16.2 Å². The van der Waals surface area contributed by atoms with Gasteiger partial charge in [0.25, 0.3) is 10.1 Å². The second-order valence-corrected chi connectivity index (χ2v) is 30.2. The summed E-state index contributed by atoms with van der Waals surface area (Å²) in [7, 11) is -4.73. The Morgan fingerprint density at radius 3 is 2.31 bits per heavy atom. The maximum Gasteiger partial charge on any atom is 0.268 e. The van der Waals surface area contributed by atoms with Crippen molar-refractivity contribution in [1.29, 1.82) is 0 Å². The number of hydrogen-bond donors (Lipinski definition) is 7. The molecule has 1 saturated carbocycles. The smallest absolute Gasteiger partial charge is 0.268 e. The van der Waals surface area contributed by atoms with Crippen LogP contribution in [0, 0.1) is 41.4 Å². The van der Waals surface area contributed by atoms with Gasteiger partial charge in [-0.2, -0.15) is 8.42 Å². The maximum absolute atomic E-state index is 14.6. The number of hydrogen-bond acceptors (Lipinski definition) is 9. The fourth-order valence-electron chi connectivity index (χ4n) is 17.8. The van der Waals surface area contributed by atoms with Crippen LogP contribution in [0.15, 0.2) is 199 Å². The molecule has 0 amide bonds. The van der Waals surface area contributed by atoms with E-state index < -0.39 is 56.7 Å². The number of guanidine groups is 1. The van der Waals surface area contributed by atoms with E-state index in [-0.39, 0.29) is 66.9 Å². The van der Waals surface area contributed by atoms with Crippen LogP contribution in [0.25, 0.3) is 10.8 Å². The molecule has 2 fully saturated rings. The molecule has 0 radical (unpaired) electrons. The Balaban J connectivity index is 0.878. The number of phenols is 1. The topological polar surface area (TPSA) is 218 Å². The average molecular weight is 1290 g/mol. The SMILES string of the molecule is C[C@@H]1CCc2cc3ccc2[C@H]1C[C@@H](S(=O)(=O)O)[C@H]1C=C2C[C@H](C[C@H]4C[C@@H](CO)CC#Cc5cc(O)ccc5[C@@H]2O4)[C@@H]1c1ccc(cc1)[C@](C[C@H](Cc1ccccc1)[C@@]1(O)CCC[C@@H](c2ccc([C@@H](O)Cc4cccc5ccccc45)c(Cc4ccccc4)c2)C1)(N=C(N)N)O3. The van der Waals surface area contributed by atoms with Gasteiger partial charge in [0.15, 0.2) is 5.96 Å². The monoisotopic (exact) mass is 1290 g/mol. The molecule has 8 aromatic carbocycles. The first-order chi connectivity index (χ1) is 46.0. The van der Waals surface area contributed by atoms with Gasteiger partial charge >= 0.3 is 0 Å². The number of allylic oxidation sites excluding steroid dienone is 1. The summed E-state index contributed by atoms with van der Waals surface area (Å²) in [6, 6.07) is 61.2. The van der Waals surface area contributed by atoms with Gasteiger partial charge in [0, 0.05) is 48.5 Å². The number of rotatable bonds is 14. The van der Waals surface area contributed by atoms with Gasteiger partial charge in [0.05, 0.1) is 23.1 Å². The Morgan fingerprint density at radius 1 is 0.779 bits per heavy atom. The highest BCUT2D eigenvalue weighted by atomic mass is 32.2. The van der Waals surface area contributed by atoms with E-state index in [2.05, 4.69) is 134 Å². The van der Waals surface area contributed by atoms with Crippen molar-refractivity contribution in [1.82, 2.24) is 0 Å². The van der Waals surface area contributed by atoms with Crippen LogP contribution in [-0.4, -0.2) is 62.9 Å². The van der Waals surface area contributed by atoms with Gasteiger partial charge in [0.1, 0.15) is 17.6 Å². The van der Waals surface area contributed by atoms with E-state index in [1.807, 2.05) is 60.7 Å². The third-order valence-corrected chi connectivity index (χ3v) is 23.7. The molecule has 5 aliphatic heterocycles. The van der Waals surface area contributed by atoms with Gasteiger partial charge in [-0.15, -0.1) is 0 Å². The molecule has 10 bridgehead atoms. The number of aliphatic hydroxyl groups excluding tert-OH is 2. The standard InChI is InChI=1S/C82H87N3O9S/c1-51-24-25-60-43-68-32-35-71(60)74(51)47-77(95(90,91)92)75-45-64-41-63(44-69-39-54(50-86)17-10-20-58-42-67(87)31-34-73(58)79(64)93-69)78(75)56-26-29-65(30-27-56)82(94-68,85-80(83)84)49-66(38-53-15-6-3-7-16-53)81(89)36-12-22-61(48-81)57-28-33-72(62(40-57)37-52-13-4-2-5-14-52)76(88)46-59-21-11-19-55-18-8-9-23-70(55)59/h2-9,11,13-16,18-19,21,23,26-35,40,42-43,45,51,54,61,63,66,69,74-79,86-89H,12,17,22,24-25,36-39,41,44,46-50H2,1H3,(H4,83,84,85)(H,90,91,92)/t51-,54+,61-,63-,66+,69-,74+,75-,76+,77-,78+,79-,81-,82-/m1/s1. The number of aliphatic imine (C=N–C) groups is 1. The number of aryl methyl sites for hydroxylation is 1. The van der Waals surface area contributed by atoms with E-state index in [0.717, 1.165) is 91.2 Å². The van der Waals surface area contributed by atoms with Crippen molar-refractivity contribution in [3.05, 3.63) is 260 Å². The highest BCUT2D eigenvalue weighted by Gasteiger charge is 2.51. The second kappa shape index (κ2) is 26.9. The Labute approximate surface area is 558 Å². The molecule has 8 aromatic rings. The first-order valence-corrected chi connectivity index (χ1v) is 35.8. The van der Waals surface area contributed by atoms with Gasteiger partial charge in [-0.3, -0.25) is 4.55 Å². The van der Waals surface area contributed by atoms with E-state index >= 15 is 0 Å². The van der Waals surface area contributed by atoms with Crippen LogP contribution in [0.4, 0.5) is 0 Å². The molecule has 1 saturated heterocycles. The fraction of sp³-hybridized carbons (Fsp3) is 0.378. The third kappa shape index (κ3) is 13.5. The highest BCUT2D eigenvalue weighted by molar-refractivity contribution is 7.86. The summed E-state index contributed by atoms with van der Waals surface area (Å²) >= 11 is 0. The summed E-state index contributed by atoms with van der Waals surface area (Å²) in [5.74, 6) is 4.78. The van der Waals surface area contributed by atoms with Crippen molar-refractivity contribution in [2.24, 2.45) is 46.0 Å². The number of fused-ring (bicyclic) bond motifs is 10. The van der Waals surface area contributed by atoms with E-state index in [0.29, 0.717) is 81.1 Å². The largest absolute Gasteiger partial charge is 0.508 e. The molecule has 0 spiro atoms. The predicted molar refractivity (Wildman–Crippen MR) is 373 cm³/mol. The Kier molecular flexibility index (Phi) is 18.2. The zero-order valence-corrected chi connectivity index (χ0v) is 54.8. The van der Waals surface area contributed by atoms with E-state index in [1.54, 1.807) is 12.1 Å². The lowest BCUT2D eigenvalue weighted by Crippen LogP contribution is -2.48. The molecule has 9 N–H and O–H groups in total. The molecule has 12 nitrogen and oxygen atoms in total. The summed E-state index contributed by atoms with van der Waals surface area (Å²) in [4.78, 5) is 5.24. The molecule has 0 unspecified atom stereocenters. The molecule has 8 aliphatic rings. The minimum Gasteiger partial charge on any atom is -0.508 e. The first kappa shape index (κ1) is 64.3. The van der Waals surface area contributed by atoms with E-state index in [9.17, 15) is 33.4 Å². The van der Waals surface area contributed by atoms with Crippen molar-refractivity contribution in [2.75, 3.05) is 6.61 Å². The molecule has 95 heavy (non-hydrogen) atoms. The second-order valence-electron chi connectivity index (χ2n) is 28.5. The zero-order chi connectivity index (χ0) is 65.6. The van der Waals surface area contributed by atoms with Crippen LogP contribution >= 0.6 is 0 Å². The van der Waals surface area contributed by atoms with E-state index in [4.69, 9.17) is 25.9 Å². The van der Waals surface area contributed by atoms with Crippen LogP contribution in [-0.2, 0) is 46.3 Å². The number of ether oxygens (including phenoxy) is 2. The van der Waals surface area contributed by atoms with Crippen molar-refractivity contribution in [3.63, 3.8) is 0 Å². The normalized spacial score (nSPS) is 27.7. The van der Waals surface area contributed by atoms with Crippen molar-refractivity contribution in [2.45, 2.75) is 156 Å². The summed E-state index contributed by atoms with van der Waals surface area (Å²) < 4.78 is 55.8. The number of phenolic OH excluding ortho intramolecular Hbond substituents is 1. The number of aliphatic hydroxyl groups is 3. The molecule has 5 heterocycles. The molecule has 0 aromatic heterocycles. The van der Waals surface area contributed by atoms with Crippen molar-refractivity contribution >= 4 is 26.9 Å². The Morgan fingerprint density at radius 2 is 1.53 bits per heavy atom. The Hall–Kier alpha value is -8.06. The lowest BCUT2D eigenvalue weighted by molar-refractivity contribution is -0.0834. The number of aromatic hydroxyl groups is 1. The highest BCUT2D eigenvalue weighted by Crippen LogP contribution is 2.56. The number of nitrogens with zero attached hydrogens (tertiary/aromatic N) is 1. The summed E-state index contributed by atoms with van der Waals surface area (Å²) in [6.45, 7) is 2.09. The summed E-state index contributed by atoms with van der Waals surface area (Å²) in [6.07, 6.45) is 8.39. The van der Waals surface area contributed by atoms with Crippen LogP contribution in [0.1, 0.15) is 174 Å². The van der Waals surface area contributed by atoms with Crippen LogP contribution in [0.2, 0.25) is 0 Å². The van der Waals surface area contributed by atoms with Crippen LogP contribution in [0.5, 0.6) is 11.5 Å². The number of benzene rings is 8. The fourth-order valence-corrected chi connectivity index (χ4v) is 18.9. The molecule has 13 heteroatoms. The average Bonchev–Trinajstić information content (AvgIpc) is 1.74. The van der Waals surface area contributed by atoms with Gasteiger partial charge in [0.2, 0.25) is 5.72 Å². The molecule has 14 atom stereocenters. The third-order valence-electron chi connectivity index (χ3n) is 22.5. The summed E-state index contributed by atoms with van der Waals surface area (Å²) in [5.41, 5.74) is 22.7. The lowest BCUT2D eigenvalue weighted by Gasteiger charge is -2.46. The minimum absolute atomic E-state index is 0.0407. The molecular formula is C82H87N3O9S.